The first-order valence-corrected chi connectivity index (χ1v) is 10.9. The van der Waals surface area contributed by atoms with Crippen molar-refractivity contribution in [1.82, 2.24) is 14.5 Å². The highest BCUT2D eigenvalue weighted by Crippen LogP contribution is 2.19. The van der Waals surface area contributed by atoms with Gasteiger partial charge in [-0.25, -0.2) is 9.18 Å². The lowest BCUT2D eigenvalue weighted by atomic mass is 10.1. The first-order chi connectivity index (χ1) is 14.2. The van der Waals surface area contributed by atoms with E-state index in [9.17, 15) is 9.18 Å². The molecule has 0 amide bonds. The highest BCUT2D eigenvalue weighted by Gasteiger charge is 2.11. The summed E-state index contributed by atoms with van der Waals surface area (Å²) >= 11 is 3.53. The van der Waals surface area contributed by atoms with Crippen LogP contribution in [0.2, 0.25) is 0 Å². The summed E-state index contributed by atoms with van der Waals surface area (Å²) in [5.74, 6) is 0.417. The van der Waals surface area contributed by atoms with Crippen molar-refractivity contribution >= 4 is 23.7 Å². The van der Waals surface area contributed by atoms with Gasteiger partial charge in [0, 0.05) is 6.54 Å². The van der Waals surface area contributed by atoms with E-state index in [0.717, 1.165) is 24.4 Å². The number of nitrogens with one attached hydrogen (secondary N) is 1. The second-order valence-corrected chi connectivity index (χ2v) is 7.03. The van der Waals surface area contributed by atoms with Crippen LogP contribution in [0.5, 0.6) is 5.75 Å². The van der Waals surface area contributed by atoms with Gasteiger partial charge in [-0.05, 0) is 81.1 Å². The van der Waals surface area contributed by atoms with Crippen LogP contribution in [0.15, 0.2) is 47.3 Å². The average Bonchev–Trinajstić information content (AvgIpc) is 3.08. The predicted octanol–water partition coefficient (Wildman–Crippen LogP) is 4.26. The smallest absolute Gasteiger partial charge is 0.331 e. The Hall–Kier alpha value is -2.25. The summed E-state index contributed by atoms with van der Waals surface area (Å²) in [5.41, 5.74) is 1.57. The Bertz CT molecular complexity index is 962. The number of hydrogen-bond donors (Lipinski definition) is 2. The molecule has 1 aliphatic rings. The SMILES string of the molecule is CS.O=c1[nH]c2cc(F)ccc2n1-c1ccc(OCCCN2CCCCC2)cc1. The quantitative estimate of drug-likeness (QED) is 0.465. The topological polar surface area (TPSA) is 50.3 Å². The normalized spacial score (nSPS) is 14.4. The van der Waals surface area contributed by atoms with E-state index < -0.39 is 0 Å². The standard InChI is InChI=1S/C21H24FN3O2.CH4S/c22-16-5-10-20-19(15-16)23-21(26)25(20)17-6-8-18(9-7-17)27-14-4-13-24-11-2-1-3-12-24;1-2/h5-10,15H,1-4,11-14H2,(H,23,26);2H,1H3. The molecule has 2 aromatic carbocycles. The van der Waals surface area contributed by atoms with E-state index in [1.54, 1.807) is 12.3 Å². The van der Waals surface area contributed by atoms with Gasteiger partial charge in [-0.2, -0.15) is 12.6 Å². The van der Waals surface area contributed by atoms with Crippen molar-refractivity contribution in [2.45, 2.75) is 25.7 Å². The number of rotatable bonds is 6. The Morgan fingerprint density at radius 1 is 1.07 bits per heavy atom. The fourth-order valence-corrected chi connectivity index (χ4v) is 3.69. The first-order valence-electron chi connectivity index (χ1n) is 10.0. The zero-order valence-corrected chi connectivity index (χ0v) is 17.6. The van der Waals surface area contributed by atoms with E-state index in [1.165, 1.54) is 49.1 Å². The molecule has 1 N–H and O–H groups in total. The number of aromatic amines is 1. The van der Waals surface area contributed by atoms with E-state index in [2.05, 4.69) is 22.5 Å². The minimum absolute atomic E-state index is 0.286. The predicted molar refractivity (Wildman–Crippen MR) is 119 cm³/mol. The zero-order chi connectivity index (χ0) is 20.6. The van der Waals surface area contributed by atoms with Crippen molar-refractivity contribution in [3.63, 3.8) is 0 Å². The molecule has 1 fully saturated rings. The number of benzene rings is 2. The Kier molecular flexibility index (Phi) is 7.77. The molecule has 0 saturated carbocycles. The van der Waals surface area contributed by atoms with Gasteiger partial charge in [0.2, 0.25) is 0 Å². The van der Waals surface area contributed by atoms with Crippen LogP contribution in [-0.2, 0) is 0 Å². The number of thiol groups is 1. The highest BCUT2D eigenvalue weighted by atomic mass is 32.1. The van der Waals surface area contributed by atoms with Crippen LogP contribution in [0.3, 0.4) is 0 Å². The number of H-pyrrole nitrogens is 1. The van der Waals surface area contributed by atoms with Gasteiger partial charge in [0.05, 0.1) is 23.3 Å². The minimum Gasteiger partial charge on any atom is -0.494 e. The van der Waals surface area contributed by atoms with Gasteiger partial charge in [-0.1, -0.05) is 6.42 Å². The second-order valence-electron chi connectivity index (χ2n) is 7.03. The van der Waals surface area contributed by atoms with Gasteiger partial charge in [-0.3, -0.25) is 4.57 Å². The third-order valence-electron chi connectivity index (χ3n) is 5.08. The summed E-state index contributed by atoms with van der Waals surface area (Å²) in [5, 5.41) is 0. The van der Waals surface area contributed by atoms with Crippen molar-refractivity contribution in [1.29, 1.82) is 0 Å². The third-order valence-corrected chi connectivity index (χ3v) is 5.08. The second kappa shape index (κ2) is 10.5. The van der Waals surface area contributed by atoms with E-state index >= 15 is 0 Å². The number of fused-ring (bicyclic) bond motifs is 1. The minimum atomic E-state index is -0.371. The monoisotopic (exact) mass is 417 g/mol. The number of piperidine rings is 1. The Morgan fingerprint density at radius 3 is 2.52 bits per heavy atom. The number of imidazole rings is 1. The largest absolute Gasteiger partial charge is 0.494 e. The van der Waals surface area contributed by atoms with Crippen molar-refractivity contribution in [3.05, 3.63) is 58.8 Å². The fourth-order valence-electron chi connectivity index (χ4n) is 3.69. The van der Waals surface area contributed by atoms with Crippen molar-refractivity contribution in [2.24, 2.45) is 0 Å². The van der Waals surface area contributed by atoms with Gasteiger partial charge in [0.25, 0.3) is 0 Å². The maximum absolute atomic E-state index is 13.3. The van der Waals surface area contributed by atoms with Gasteiger partial charge in [0.15, 0.2) is 0 Å². The molecular weight excluding hydrogens is 389 g/mol. The summed E-state index contributed by atoms with van der Waals surface area (Å²) in [6, 6.07) is 11.7. The van der Waals surface area contributed by atoms with Crippen LogP contribution in [0.4, 0.5) is 4.39 Å². The third kappa shape index (κ3) is 5.42. The van der Waals surface area contributed by atoms with E-state index in [4.69, 9.17) is 4.74 Å². The molecule has 1 aromatic heterocycles. The molecule has 156 valence electrons. The van der Waals surface area contributed by atoms with Crippen molar-refractivity contribution < 1.29 is 9.13 Å². The molecule has 0 atom stereocenters. The van der Waals surface area contributed by atoms with Gasteiger partial charge >= 0.3 is 5.69 Å². The molecule has 29 heavy (non-hydrogen) atoms. The fraction of sp³-hybridized carbons (Fsp3) is 0.409. The van der Waals surface area contributed by atoms with Crippen molar-refractivity contribution in [2.75, 3.05) is 32.5 Å². The van der Waals surface area contributed by atoms with Crippen molar-refractivity contribution in [3.8, 4) is 11.4 Å². The molecule has 0 radical (unpaired) electrons. The molecule has 0 spiro atoms. The molecule has 4 rings (SSSR count). The lowest BCUT2D eigenvalue weighted by Crippen LogP contribution is -2.31. The molecule has 1 aliphatic heterocycles. The molecule has 3 aromatic rings. The lowest BCUT2D eigenvalue weighted by molar-refractivity contribution is 0.205. The van der Waals surface area contributed by atoms with Crippen LogP contribution < -0.4 is 10.4 Å². The zero-order valence-electron chi connectivity index (χ0n) is 16.7. The first kappa shape index (κ1) is 21.5. The van der Waals surface area contributed by atoms with Crippen LogP contribution in [-0.4, -0.2) is 46.9 Å². The van der Waals surface area contributed by atoms with Crippen LogP contribution in [0.1, 0.15) is 25.7 Å². The number of aromatic nitrogens is 2. The molecule has 7 heteroatoms. The summed E-state index contributed by atoms with van der Waals surface area (Å²) < 4.78 is 20.7. The maximum Gasteiger partial charge on any atom is 0.331 e. The Morgan fingerprint density at radius 2 is 1.79 bits per heavy atom. The van der Waals surface area contributed by atoms with Gasteiger partial charge in [0.1, 0.15) is 11.6 Å². The van der Waals surface area contributed by atoms with Crippen LogP contribution >= 0.6 is 12.6 Å². The summed E-state index contributed by atoms with van der Waals surface area (Å²) in [6.07, 6.45) is 6.67. The van der Waals surface area contributed by atoms with E-state index in [0.29, 0.717) is 17.6 Å². The summed E-state index contributed by atoms with van der Waals surface area (Å²) in [6.45, 7) is 4.18. The maximum atomic E-state index is 13.3. The van der Waals surface area contributed by atoms with E-state index in [-0.39, 0.29) is 11.5 Å². The number of hydrogen-bond acceptors (Lipinski definition) is 4. The molecule has 5 nitrogen and oxygen atoms in total. The lowest BCUT2D eigenvalue weighted by Gasteiger charge is -2.26. The summed E-state index contributed by atoms with van der Waals surface area (Å²) in [4.78, 5) is 17.4. The highest BCUT2D eigenvalue weighted by molar-refractivity contribution is 7.79. The van der Waals surface area contributed by atoms with Gasteiger partial charge < -0.3 is 14.6 Å². The molecule has 0 unspecified atom stereocenters. The molecular formula is C22H28FN3O2S. The van der Waals surface area contributed by atoms with Gasteiger partial charge in [-0.15, -0.1) is 0 Å². The summed E-state index contributed by atoms with van der Waals surface area (Å²) in [7, 11) is 0. The van der Waals surface area contributed by atoms with Crippen LogP contribution in [0, 0.1) is 5.82 Å². The van der Waals surface area contributed by atoms with Crippen LogP contribution in [0.25, 0.3) is 16.7 Å². The number of likely N-dealkylation sites (tertiary alicyclic amines) is 1. The molecule has 0 bridgehead atoms. The molecule has 1 saturated heterocycles. The Labute approximate surface area is 175 Å². The number of halogens is 1. The Balaban J connectivity index is 0.00000117. The molecule has 0 aliphatic carbocycles. The number of ether oxygens (including phenoxy) is 1. The molecule has 2 heterocycles. The average molecular weight is 418 g/mol. The number of nitrogens with zero attached hydrogens (tertiary/aromatic N) is 2. The van der Waals surface area contributed by atoms with E-state index in [1.807, 2.05) is 24.3 Å².